The average Bonchev–Trinajstić information content (AvgIpc) is 2.94. The van der Waals surface area contributed by atoms with Gasteiger partial charge in [-0.15, -0.1) is 0 Å². The van der Waals surface area contributed by atoms with Gasteiger partial charge in [0.05, 0.1) is 24.9 Å². The van der Waals surface area contributed by atoms with Gasteiger partial charge in [-0.25, -0.2) is 0 Å². The summed E-state index contributed by atoms with van der Waals surface area (Å²) in [6.45, 7) is 2.01. The fourth-order valence-electron chi connectivity index (χ4n) is 2.77. The van der Waals surface area contributed by atoms with E-state index in [0.717, 1.165) is 28.5 Å². The fraction of sp³-hybridized carbons (Fsp3) is 0.167. The molecule has 0 saturated heterocycles. The van der Waals surface area contributed by atoms with Crippen molar-refractivity contribution in [2.24, 2.45) is 0 Å². The van der Waals surface area contributed by atoms with Crippen LogP contribution in [0.25, 0.3) is 16.6 Å². The standard InChI is InChI=1S/C18H16ClNO3/c1-11-5-4-6-20-15(11)8-12(16(20)10-21)13-7-14(19)18(23-3)9-17(13)22-2/h4-10H,1-3H3. The number of methoxy groups -OCH3 is 2. The van der Waals surface area contributed by atoms with E-state index in [2.05, 4.69) is 0 Å². The number of hydrogen-bond donors (Lipinski definition) is 0. The lowest BCUT2D eigenvalue weighted by Gasteiger charge is -2.11. The van der Waals surface area contributed by atoms with E-state index in [9.17, 15) is 4.79 Å². The molecule has 0 atom stereocenters. The normalized spacial score (nSPS) is 10.8. The molecule has 0 unspecified atom stereocenters. The van der Waals surface area contributed by atoms with Crippen LogP contribution < -0.4 is 9.47 Å². The highest BCUT2D eigenvalue weighted by atomic mass is 35.5. The van der Waals surface area contributed by atoms with Crippen molar-refractivity contribution in [3.63, 3.8) is 0 Å². The zero-order valence-electron chi connectivity index (χ0n) is 13.1. The molecule has 0 N–H and O–H groups in total. The van der Waals surface area contributed by atoms with Crippen LogP contribution in [0.15, 0.2) is 36.5 Å². The third-order valence-electron chi connectivity index (χ3n) is 3.94. The minimum atomic E-state index is 0.465. The average molecular weight is 330 g/mol. The highest BCUT2D eigenvalue weighted by Crippen LogP contribution is 2.40. The summed E-state index contributed by atoms with van der Waals surface area (Å²) in [7, 11) is 3.13. The predicted octanol–water partition coefficient (Wildman–Crippen LogP) is 4.40. The number of carbonyl (C=O) groups is 1. The molecule has 5 heteroatoms. The Balaban J connectivity index is 2.34. The fourth-order valence-corrected chi connectivity index (χ4v) is 3.01. The number of pyridine rings is 1. The molecule has 3 rings (SSSR count). The van der Waals surface area contributed by atoms with Gasteiger partial charge in [0.25, 0.3) is 0 Å². The van der Waals surface area contributed by atoms with E-state index in [1.165, 1.54) is 0 Å². The lowest BCUT2D eigenvalue weighted by atomic mass is 10.0. The molecule has 0 aliphatic carbocycles. The number of aldehydes is 1. The second-order valence-corrected chi connectivity index (χ2v) is 5.60. The largest absolute Gasteiger partial charge is 0.496 e. The molecular formula is C18H16ClNO3. The first-order valence-electron chi connectivity index (χ1n) is 7.08. The topological polar surface area (TPSA) is 39.9 Å². The first-order valence-corrected chi connectivity index (χ1v) is 7.46. The van der Waals surface area contributed by atoms with Gasteiger partial charge in [-0.2, -0.15) is 0 Å². The van der Waals surface area contributed by atoms with E-state index in [-0.39, 0.29) is 0 Å². The van der Waals surface area contributed by atoms with Crippen LogP contribution in [0.5, 0.6) is 11.5 Å². The van der Waals surface area contributed by atoms with Crippen LogP contribution in [0.2, 0.25) is 5.02 Å². The van der Waals surface area contributed by atoms with Gasteiger partial charge in [0.15, 0.2) is 6.29 Å². The molecule has 0 bridgehead atoms. The molecule has 118 valence electrons. The third-order valence-corrected chi connectivity index (χ3v) is 4.23. The Morgan fingerprint density at radius 3 is 2.48 bits per heavy atom. The van der Waals surface area contributed by atoms with Crippen molar-refractivity contribution in [2.75, 3.05) is 14.2 Å². The smallest absolute Gasteiger partial charge is 0.167 e. The molecule has 0 radical (unpaired) electrons. The second-order valence-electron chi connectivity index (χ2n) is 5.19. The molecule has 2 aromatic heterocycles. The summed E-state index contributed by atoms with van der Waals surface area (Å²) in [6, 6.07) is 9.38. The SMILES string of the molecule is COc1cc(OC)c(-c2cc3c(C)cccn3c2C=O)cc1Cl. The van der Waals surface area contributed by atoms with Gasteiger partial charge < -0.3 is 13.9 Å². The number of fused-ring (bicyclic) bond motifs is 1. The number of hydrogen-bond acceptors (Lipinski definition) is 3. The van der Waals surface area contributed by atoms with E-state index >= 15 is 0 Å². The predicted molar refractivity (Wildman–Crippen MR) is 91.1 cm³/mol. The van der Waals surface area contributed by atoms with Crippen molar-refractivity contribution in [3.05, 3.63) is 52.8 Å². The monoisotopic (exact) mass is 329 g/mol. The van der Waals surface area contributed by atoms with Gasteiger partial charge in [-0.1, -0.05) is 17.7 Å². The Bertz CT molecular complexity index is 899. The van der Waals surface area contributed by atoms with Crippen molar-refractivity contribution in [1.82, 2.24) is 4.40 Å². The molecule has 0 aliphatic heterocycles. The molecule has 0 spiro atoms. The van der Waals surface area contributed by atoms with Crippen LogP contribution in [0.4, 0.5) is 0 Å². The molecular weight excluding hydrogens is 314 g/mol. The Morgan fingerprint density at radius 2 is 1.83 bits per heavy atom. The van der Waals surface area contributed by atoms with Gasteiger partial charge in [0, 0.05) is 28.9 Å². The van der Waals surface area contributed by atoms with E-state index in [4.69, 9.17) is 21.1 Å². The number of benzene rings is 1. The Morgan fingerprint density at radius 1 is 1.09 bits per heavy atom. The van der Waals surface area contributed by atoms with Gasteiger partial charge in [0.2, 0.25) is 0 Å². The van der Waals surface area contributed by atoms with E-state index < -0.39 is 0 Å². The molecule has 2 heterocycles. The van der Waals surface area contributed by atoms with Gasteiger partial charge in [-0.3, -0.25) is 4.79 Å². The summed E-state index contributed by atoms with van der Waals surface area (Å²) in [5.74, 6) is 1.13. The van der Waals surface area contributed by atoms with Crippen molar-refractivity contribution < 1.29 is 14.3 Å². The number of halogens is 1. The van der Waals surface area contributed by atoms with Crippen LogP contribution >= 0.6 is 11.6 Å². The number of carbonyl (C=O) groups excluding carboxylic acids is 1. The first-order chi connectivity index (χ1) is 11.1. The highest BCUT2D eigenvalue weighted by Gasteiger charge is 2.18. The van der Waals surface area contributed by atoms with Crippen LogP contribution in [-0.2, 0) is 0 Å². The zero-order valence-corrected chi connectivity index (χ0v) is 13.8. The summed E-state index contributed by atoms with van der Waals surface area (Å²) in [5, 5.41) is 0.465. The molecule has 1 aromatic carbocycles. The van der Waals surface area contributed by atoms with Gasteiger partial charge in [-0.05, 0) is 30.7 Å². The lowest BCUT2D eigenvalue weighted by molar-refractivity contribution is 0.111. The van der Waals surface area contributed by atoms with Crippen LogP contribution in [0.1, 0.15) is 16.1 Å². The Kier molecular flexibility index (Phi) is 4.01. The van der Waals surface area contributed by atoms with Crippen molar-refractivity contribution >= 4 is 23.4 Å². The molecule has 0 saturated carbocycles. The molecule has 0 aliphatic rings. The summed E-state index contributed by atoms with van der Waals surface area (Å²) in [4.78, 5) is 11.7. The van der Waals surface area contributed by atoms with Crippen LogP contribution in [0, 0.1) is 6.92 Å². The minimum absolute atomic E-state index is 0.465. The van der Waals surface area contributed by atoms with Gasteiger partial charge in [0.1, 0.15) is 11.5 Å². The third kappa shape index (κ3) is 2.45. The van der Waals surface area contributed by atoms with Crippen molar-refractivity contribution in [3.8, 4) is 22.6 Å². The first kappa shape index (κ1) is 15.4. The second kappa shape index (κ2) is 5.97. The Labute approximate surface area is 139 Å². The summed E-state index contributed by atoms with van der Waals surface area (Å²) < 4.78 is 12.6. The summed E-state index contributed by atoms with van der Waals surface area (Å²) in [6.07, 6.45) is 2.71. The number of nitrogens with zero attached hydrogens (tertiary/aromatic N) is 1. The highest BCUT2D eigenvalue weighted by molar-refractivity contribution is 6.32. The quantitative estimate of drug-likeness (QED) is 0.666. The minimum Gasteiger partial charge on any atom is -0.496 e. The number of rotatable bonds is 4. The van der Waals surface area contributed by atoms with Crippen LogP contribution in [-0.4, -0.2) is 24.9 Å². The van der Waals surface area contributed by atoms with Gasteiger partial charge >= 0.3 is 0 Å². The molecule has 4 nitrogen and oxygen atoms in total. The Hall–Kier alpha value is -2.46. The number of aryl methyl sites for hydroxylation is 1. The van der Waals surface area contributed by atoms with Crippen molar-refractivity contribution in [2.45, 2.75) is 6.92 Å². The molecule has 3 aromatic rings. The van der Waals surface area contributed by atoms with Crippen molar-refractivity contribution in [1.29, 1.82) is 0 Å². The van der Waals surface area contributed by atoms with E-state index in [1.807, 2.05) is 35.7 Å². The van der Waals surface area contributed by atoms with Crippen LogP contribution in [0.3, 0.4) is 0 Å². The number of aromatic nitrogens is 1. The number of ether oxygens (including phenoxy) is 2. The molecule has 0 amide bonds. The molecule has 23 heavy (non-hydrogen) atoms. The lowest BCUT2D eigenvalue weighted by Crippen LogP contribution is -1.95. The summed E-state index contributed by atoms with van der Waals surface area (Å²) in [5.41, 5.74) is 4.14. The maximum absolute atomic E-state index is 11.7. The summed E-state index contributed by atoms with van der Waals surface area (Å²) >= 11 is 6.26. The maximum Gasteiger partial charge on any atom is 0.167 e. The zero-order chi connectivity index (χ0) is 16.6. The maximum atomic E-state index is 11.7. The molecule has 0 fully saturated rings. The van der Waals surface area contributed by atoms with E-state index in [0.29, 0.717) is 22.2 Å². The van der Waals surface area contributed by atoms with E-state index in [1.54, 1.807) is 26.4 Å².